The Kier molecular flexibility index (Phi) is 6.07. The van der Waals surface area contributed by atoms with Gasteiger partial charge in [-0.25, -0.2) is 8.42 Å². The van der Waals surface area contributed by atoms with Crippen LogP contribution in [0.25, 0.3) is 0 Å². The van der Waals surface area contributed by atoms with E-state index in [1.54, 1.807) is 47.6 Å². The summed E-state index contributed by atoms with van der Waals surface area (Å²) in [6, 6.07) is 0. The van der Waals surface area contributed by atoms with Crippen LogP contribution in [-0.2, 0) is 19.4 Å². The summed E-state index contributed by atoms with van der Waals surface area (Å²) in [5.74, 6) is -0.477. The van der Waals surface area contributed by atoms with E-state index in [-0.39, 0.29) is 18.3 Å². The van der Waals surface area contributed by atoms with E-state index in [4.69, 9.17) is 4.74 Å². The van der Waals surface area contributed by atoms with E-state index >= 15 is 0 Å². The molecule has 0 saturated heterocycles. The molecular formula is C13H24O4S. The molecule has 0 saturated carbocycles. The van der Waals surface area contributed by atoms with Gasteiger partial charge in [0.05, 0.1) is 11.7 Å². The van der Waals surface area contributed by atoms with Crippen molar-refractivity contribution in [3.63, 3.8) is 0 Å². The van der Waals surface area contributed by atoms with Crippen molar-refractivity contribution in [1.29, 1.82) is 0 Å². The minimum absolute atomic E-state index is 0.159. The molecule has 1 atom stereocenters. The smallest absolute Gasteiger partial charge is 0.306 e. The van der Waals surface area contributed by atoms with Crippen molar-refractivity contribution in [3.8, 4) is 0 Å². The summed E-state index contributed by atoms with van der Waals surface area (Å²) in [4.78, 5) is 11.5. The predicted molar refractivity (Wildman–Crippen MR) is 72.8 cm³/mol. The molecule has 0 bridgehead atoms. The molecule has 0 rings (SSSR count). The predicted octanol–water partition coefficient (Wildman–Crippen LogP) is 2.69. The fourth-order valence-electron chi connectivity index (χ4n) is 1.11. The molecule has 0 aromatic rings. The van der Waals surface area contributed by atoms with Crippen LogP contribution < -0.4 is 0 Å². The third kappa shape index (κ3) is 7.48. The van der Waals surface area contributed by atoms with Gasteiger partial charge in [0.1, 0.15) is 5.60 Å². The first-order valence-corrected chi connectivity index (χ1v) is 7.69. The molecule has 0 fully saturated rings. The Hall–Kier alpha value is -0.840. The van der Waals surface area contributed by atoms with Crippen LogP contribution in [0.2, 0.25) is 0 Å². The number of sulfone groups is 1. The lowest BCUT2D eigenvalue weighted by molar-refractivity contribution is -0.155. The van der Waals surface area contributed by atoms with E-state index in [2.05, 4.69) is 0 Å². The molecule has 0 aliphatic carbocycles. The van der Waals surface area contributed by atoms with E-state index in [0.717, 1.165) is 0 Å². The molecule has 106 valence electrons. The Morgan fingerprint density at radius 1 is 1.22 bits per heavy atom. The minimum atomic E-state index is -3.20. The number of carbonyl (C=O) groups excluding carboxylic acids is 1. The number of rotatable bonds is 5. The number of hydrogen-bond donors (Lipinski definition) is 0. The van der Waals surface area contributed by atoms with Crippen molar-refractivity contribution in [1.82, 2.24) is 0 Å². The van der Waals surface area contributed by atoms with Crippen LogP contribution in [0.4, 0.5) is 0 Å². The van der Waals surface area contributed by atoms with Gasteiger partial charge in [-0.15, -0.1) is 0 Å². The van der Waals surface area contributed by atoms with Crippen LogP contribution in [0.1, 0.15) is 48.0 Å². The fourth-order valence-corrected chi connectivity index (χ4v) is 1.92. The maximum Gasteiger partial charge on any atom is 0.306 e. The van der Waals surface area contributed by atoms with E-state index < -0.39 is 20.7 Å². The first-order chi connectivity index (χ1) is 7.94. The molecule has 0 N–H and O–H groups in total. The molecule has 1 unspecified atom stereocenters. The first-order valence-electron chi connectivity index (χ1n) is 6.08. The summed E-state index contributed by atoms with van der Waals surface area (Å²) in [6.45, 7) is 10.4. The van der Waals surface area contributed by atoms with Crippen LogP contribution in [0, 0.1) is 5.92 Å². The SMILES string of the molecule is CC(C=CS(=O)(=O)C(C)C)CC(=O)OC(C)(C)C. The highest BCUT2D eigenvalue weighted by atomic mass is 32.2. The van der Waals surface area contributed by atoms with E-state index in [0.29, 0.717) is 0 Å². The van der Waals surface area contributed by atoms with Gasteiger partial charge in [-0.2, -0.15) is 0 Å². The second-order valence-electron chi connectivity index (χ2n) is 5.73. The largest absolute Gasteiger partial charge is 0.460 e. The molecule has 0 spiro atoms. The zero-order valence-electron chi connectivity index (χ0n) is 12.1. The molecule has 0 aliphatic rings. The quantitative estimate of drug-likeness (QED) is 0.724. The lowest BCUT2D eigenvalue weighted by atomic mass is 10.1. The molecule has 4 nitrogen and oxygen atoms in total. The van der Waals surface area contributed by atoms with Crippen LogP contribution in [0.5, 0.6) is 0 Å². The summed E-state index contributed by atoms with van der Waals surface area (Å²) in [5.41, 5.74) is -0.509. The second-order valence-corrected chi connectivity index (χ2v) is 8.13. The molecule has 0 heterocycles. The maximum atomic E-state index is 11.5. The van der Waals surface area contributed by atoms with Gasteiger partial charge >= 0.3 is 5.97 Å². The van der Waals surface area contributed by atoms with Crippen LogP contribution >= 0.6 is 0 Å². The summed E-state index contributed by atoms with van der Waals surface area (Å²) >= 11 is 0. The van der Waals surface area contributed by atoms with Crippen LogP contribution in [0.3, 0.4) is 0 Å². The van der Waals surface area contributed by atoms with Gasteiger partial charge in [-0.1, -0.05) is 13.0 Å². The van der Waals surface area contributed by atoms with E-state index in [9.17, 15) is 13.2 Å². The molecule has 0 aliphatic heterocycles. The number of esters is 1. The number of hydrogen-bond acceptors (Lipinski definition) is 4. The average Bonchev–Trinajstić information content (AvgIpc) is 2.11. The monoisotopic (exact) mass is 276 g/mol. The van der Waals surface area contributed by atoms with Gasteiger partial charge in [0.25, 0.3) is 0 Å². The topological polar surface area (TPSA) is 60.4 Å². The maximum absolute atomic E-state index is 11.5. The summed E-state index contributed by atoms with van der Waals surface area (Å²) in [7, 11) is -3.20. The van der Waals surface area contributed by atoms with Crippen LogP contribution in [-0.4, -0.2) is 25.2 Å². The van der Waals surface area contributed by atoms with Crippen molar-refractivity contribution in [3.05, 3.63) is 11.5 Å². The standard InChI is InChI=1S/C13H24O4S/c1-10(2)18(15,16)8-7-11(3)9-12(14)17-13(4,5)6/h7-8,10-11H,9H2,1-6H3. The van der Waals surface area contributed by atoms with Crippen molar-refractivity contribution >= 4 is 15.8 Å². The number of allylic oxidation sites excluding steroid dienone is 1. The highest BCUT2D eigenvalue weighted by Crippen LogP contribution is 2.13. The highest BCUT2D eigenvalue weighted by Gasteiger charge is 2.18. The Labute approximate surface area is 110 Å². The lowest BCUT2D eigenvalue weighted by Crippen LogP contribution is -2.24. The molecular weight excluding hydrogens is 252 g/mol. The van der Waals surface area contributed by atoms with Gasteiger partial charge in [-0.3, -0.25) is 4.79 Å². The van der Waals surface area contributed by atoms with Crippen molar-refractivity contribution in [2.24, 2.45) is 5.92 Å². The summed E-state index contributed by atoms with van der Waals surface area (Å²) in [5, 5.41) is 0.745. The van der Waals surface area contributed by atoms with Crippen molar-refractivity contribution in [2.75, 3.05) is 0 Å². The Morgan fingerprint density at radius 3 is 2.11 bits per heavy atom. The Balaban J connectivity index is 4.41. The average molecular weight is 276 g/mol. The molecule has 18 heavy (non-hydrogen) atoms. The zero-order valence-corrected chi connectivity index (χ0v) is 12.9. The van der Waals surface area contributed by atoms with Gasteiger partial charge in [0.15, 0.2) is 9.84 Å². The van der Waals surface area contributed by atoms with Gasteiger partial charge in [-0.05, 0) is 40.5 Å². The molecule has 0 aromatic carbocycles. The molecule has 0 radical (unpaired) electrons. The van der Waals surface area contributed by atoms with Gasteiger partial charge in [0.2, 0.25) is 0 Å². The summed E-state index contributed by atoms with van der Waals surface area (Å²) in [6.07, 6.45) is 1.72. The second kappa shape index (κ2) is 6.36. The number of ether oxygens (including phenoxy) is 1. The Bertz CT molecular complexity index is 399. The van der Waals surface area contributed by atoms with Crippen molar-refractivity contribution < 1.29 is 17.9 Å². The third-order valence-corrected chi connectivity index (χ3v) is 4.01. The first kappa shape index (κ1) is 17.2. The normalized spacial score (nSPS) is 15.1. The van der Waals surface area contributed by atoms with Crippen molar-refractivity contribution in [2.45, 2.75) is 58.8 Å². The fraction of sp³-hybridized carbons (Fsp3) is 0.769. The lowest BCUT2D eigenvalue weighted by Gasteiger charge is -2.20. The third-order valence-electron chi connectivity index (χ3n) is 2.16. The summed E-state index contributed by atoms with van der Waals surface area (Å²) < 4.78 is 28.3. The zero-order chi connectivity index (χ0) is 14.6. The molecule has 5 heteroatoms. The van der Waals surface area contributed by atoms with Gasteiger partial charge in [0, 0.05) is 5.41 Å². The minimum Gasteiger partial charge on any atom is -0.460 e. The van der Waals surface area contributed by atoms with Gasteiger partial charge < -0.3 is 4.74 Å². The highest BCUT2D eigenvalue weighted by molar-refractivity contribution is 7.94. The van der Waals surface area contributed by atoms with Crippen LogP contribution in [0.15, 0.2) is 11.5 Å². The Morgan fingerprint density at radius 2 is 1.72 bits per heavy atom. The van der Waals surface area contributed by atoms with E-state index in [1.807, 2.05) is 0 Å². The number of carbonyl (C=O) groups is 1. The molecule has 0 amide bonds. The van der Waals surface area contributed by atoms with E-state index in [1.165, 1.54) is 5.41 Å². The molecule has 0 aromatic heterocycles.